The number of nitrogens with one attached hydrogen (secondary N) is 1. The molecule has 1 heterocycles. The van der Waals surface area contributed by atoms with Crippen molar-refractivity contribution in [2.24, 2.45) is 5.92 Å². The highest BCUT2D eigenvalue weighted by Crippen LogP contribution is 2.24. The van der Waals surface area contributed by atoms with Crippen LogP contribution in [0, 0.1) is 19.8 Å². The molecule has 0 spiro atoms. The van der Waals surface area contributed by atoms with Gasteiger partial charge in [-0.1, -0.05) is 25.1 Å². The molecule has 1 aromatic rings. The van der Waals surface area contributed by atoms with E-state index in [-0.39, 0.29) is 0 Å². The van der Waals surface area contributed by atoms with Gasteiger partial charge < -0.3 is 5.32 Å². The first-order valence-electron chi connectivity index (χ1n) is 6.05. The standard InChI is InChI=1S/C14H21NS/c1-10-7-15-14(9-16-8-10)13-5-4-11(2)12(3)6-13/h4-6,10,14-15H,7-9H2,1-3H3. The Bertz CT molecular complexity index is 362. The predicted octanol–water partition coefficient (Wildman–Crippen LogP) is 3.32. The van der Waals surface area contributed by atoms with E-state index in [2.05, 4.69) is 56.0 Å². The van der Waals surface area contributed by atoms with Crippen LogP contribution in [0.2, 0.25) is 0 Å². The Morgan fingerprint density at radius 1 is 1.19 bits per heavy atom. The van der Waals surface area contributed by atoms with Gasteiger partial charge in [0.1, 0.15) is 0 Å². The first kappa shape index (κ1) is 12.0. The van der Waals surface area contributed by atoms with Gasteiger partial charge in [0.25, 0.3) is 0 Å². The van der Waals surface area contributed by atoms with Gasteiger partial charge in [-0.3, -0.25) is 0 Å². The Labute approximate surface area is 103 Å². The van der Waals surface area contributed by atoms with Crippen LogP contribution in [-0.2, 0) is 0 Å². The van der Waals surface area contributed by atoms with Gasteiger partial charge in [0.2, 0.25) is 0 Å². The van der Waals surface area contributed by atoms with Crippen molar-refractivity contribution >= 4 is 11.8 Å². The quantitative estimate of drug-likeness (QED) is 0.801. The van der Waals surface area contributed by atoms with E-state index in [1.807, 2.05) is 0 Å². The minimum absolute atomic E-state index is 0.536. The summed E-state index contributed by atoms with van der Waals surface area (Å²) >= 11 is 2.07. The van der Waals surface area contributed by atoms with Crippen LogP contribution in [0.3, 0.4) is 0 Å². The van der Waals surface area contributed by atoms with E-state index in [0.717, 1.165) is 12.5 Å². The zero-order valence-corrected chi connectivity index (χ0v) is 11.2. The molecular weight excluding hydrogens is 214 g/mol. The minimum Gasteiger partial charge on any atom is -0.309 e. The first-order chi connectivity index (χ1) is 7.66. The molecule has 0 amide bonds. The van der Waals surface area contributed by atoms with E-state index in [0.29, 0.717) is 6.04 Å². The Kier molecular flexibility index (Phi) is 3.93. The summed E-state index contributed by atoms with van der Waals surface area (Å²) in [6, 6.07) is 7.39. The Hall–Kier alpha value is -0.470. The number of aryl methyl sites for hydroxylation is 2. The second-order valence-corrected chi connectivity index (χ2v) is 6.02. The number of thioether (sulfide) groups is 1. The van der Waals surface area contributed by atoms with Crippen LogP contribution in [0.1, 0.15) is 29.7 Å². The summed E-state index contributed by atoms with van der Waals surface area (Å²) in [7, 11) is 0. The molecule has 0 saturated carbocycles. The molecule has 2 rings (SSSR count). The van der Waals surface area contributed by atoms with E-state index in [1.165, 1.54) is 28.2 Å². The van der Waals surface area contributed by atoms with E-state index in [1.54, 1.807) is 0 Å². The molecule has 2 unspecified atom stereocenters. The van der Waals surface area contributed by atoms with Crippen molar-refractivity contribution in [2.45, 2.75) is 26.8 Å². The lowest BCUT2D eigenvalue weighted by Crippen LogP contribution is -2.25. The highest BCUT2D eigenvalue weighted by molar-refractivity contribution is 7.99. The van der Waals surface area contributed by atoms with Gasteiger partial charge in [-0.2, -0.15) is 11.8 Å². The van der Waals surface area contributed by atoms with Crippen LogP contribution >= 0.6 is 11.8 Å². The van der Waals surface area contributed by atoms with Gasteiger partial charge in [0.15, 0.2) is 0 Å². The van der Waals surface area contributed by atoms with Gasteiger partial charge in [-0.05, 0) is 48.8 Å². The third-order valence-electron chi connectivity index (χ3n) is 3.33. The van der Waals surface area contributed by atoms with Gasteiger partial charge in [-0.15, -0.1) is 0 Å². The molecule has 2 atom stereocenters. The fraction of sp³-hybridized carbons (Fsp3) is 0.571. The van der Waals surface area contributed by atoms with Crippen molar-refractivity contribution < 1.29 is 0 Å². The molecular formula is C14H21NS. The number of benzene rings is 1. The molecule has 1 N–H and O–H groups in total. The van der Waals surface area contributed by atoms with Crippen molar-refractivity contribution in [3.63, 3.8) is 0 Å². The third-order valence-corrected chi connectivity index (χ3v) is 4.71. The highest BCUT2D eigenvalue weighted by Gasteiger charge is 2.17. The fourth-order valence-corrected chi connectivity index (χ4v) is 3.25. The highest BCUT2D eigenvalue weighted by atomic mass is 32.2. The molecule has 1 aliphatic rings. The van der Waals surface area contributed by atoms with E-state index in [4.69, 9.17) is 0 Å². The van der Waals surface area contributed by atoms with Crippen LogP contribution in [-0.4, -0.2) is 18.1 Å². The van der Waals surface area contributed by atoms with Crippen LogP contribution < -0.4 is 5.32 Å². The summed E-state index contributed by atoms with van der Waals surface area (Å²) in [5.74, 6) is 3.28. The molecule has 0 radical (unpaired) electrons. The lowest BCUT2D eigenvalue weighted by atomic mass is 10.0. The molecule has 0 bridgehead atoms. The minimum atomic E-state index is 0.536. The normalized spacial score (nSPS) is 26.4. The predicted molar refractivity (Wildman–Crippen MR) is 73.1 cm³/mol. The summed E-state index contributed by atoms with van der Waals surface area (Å²) in [5, 5.41) is 3.67. The number of hydrogen-bond acceptors (Lipinski definition) is 2. The molecule has 1 saturated heterocycles. The second-order valence-electron chi connectivity index (χ2n) is 4.95. The molecule has 2 heteroatoms. The van der Waals surface area contributed by atoms with Crippen molar-refractivity contribution in [1.82, 2.24) is 5.32 Å². The second kappa shape index (κ2) is 5.24. The van der Waals surface area contributed by atoms with Crippen molar-refractivity contribution in [3.8, 4) is 0 Å². The van der Waals surface area contributed by atoms with Gasteiger partial charge in [0.05, 0.1) is 0 Å². The van der Waals surface area contributed by atoms with Crippen LogP contribution in [0.4, 0.5) is 0 Å². The maximum atomic E-state index is 3.67. The summed E-state index contributed by atoms with van der Waals surface area (Å²) < 4.78 is 0. The van der Waals surface area contributed by atoms with Crippen LogP contribution in [0.25, 0.3) is 0 Å². The largest absolute Gasteiger partial charge is 0.309 e. The SMILES string of the molecule is Cc1ccc(C2CSCC(C)CN2)cc1C. The lowest BCUT2D eigenvalue weighted by molar-refractivity contribution is 0.517. The lowest BCUT2D eigenvalue weighted by Gasteiger charge is -2.17. The van der Waals surface area contributed by atoms with Crippen LogP contribution in [0.15, 0.2) is 18.2 Å². The van der Waals surface area contributed by atoms with Crippen molar-refractivity contribution in [2.75, 3.05) is 18.1 Å². The maximum Gasteiger partial charge on any atom is 0.0412 e. The molecule has 1 aromatic carbocycles. The van der Waals surface area contributed by atoms with Crippen molar-refractivity contribution in [1.29, 1.82) is 0 Å². The Balaban J connectivity index is 2.13. The van der Waals surface area contributed by atoms with Crippen molar-refractivity contribution in [3.05, 3.63) is 34.9 Å². The summed E-state index contributed by atoms with van der Waals surface area (Å²) in [6.07, 6.45) is 0. The maximum absolute atomic E-state index is 3.67. The Morgan fingerprint density at radius 3 is 2.75 bits per heavy atom. The molecule has 0 aliphatic carbocycles. The average Bonchev–Trinajstić information content (AvgIpc) is 2.47. The van der Waals surface area contributed by atoms with Crippen LogP contribution in [0.5, 0.6) is 0 Å². The average molecular weight is 235 g/mol. The first-order valence-corrected chi connectivity index (χ1v) is 7.20. The monoisotopic (exact) mass is 235 g/mol. The fourth-order valence-electron chi connectivity index (χ4n) is 2.04. The molecule has 16 heavy (non-hydrogen) atoms. The molecule has 0 aromatic heterocycles. The van der Waals surface area contributed by atoms with E-state index in [9.17, 15) is 0 Å². The summed E-state index contributed by atoms with van der Waals surface area (Å²) in [6.45, 7) is 7.84. The zero-order valence-electron chi connectivity index (χ0n) is 10.4. The van der Waals surface area contributed by atoms with Gasteiger partial charge >= 0.3 is 0 Å². The Morgan fingerprint density at radius 2 is 2.00 bits per heavy atom. The molecule has 1 aliphatic heterocycles. The topological polar surface area (TPSA) is 12.0 Å². The third kappa shape index (κ3) is 2.80. The zero-order chi connectivity index (χ0) is 11.5. The van der Waals surface area contributed by atoms with Gasteiger partial charge in [-0.25, -0.2) is 0 Å². The molecule has 1 fully saturated rings. The molecule has 1 nitrogen and oxygen atoms in total. The number of hydrogen-bond donors (Lipinski definition) is 1. The van der Waals surface area contributed by atoms with E-state index < -0.39 is 0 Å². The van der Waals surface area contributed by atoms with Gasteiger partial charge in [0, 0.05) is 11.8 Å². The molecule has 88 valence electrons. The van der Waals surface area contributed by atoms with E-state index >= 15 is 0 Å². The smallest absolute Gasteiger partial charge is 0.0412 e. The summed E-state index contributed by atoms with van der Waals surface area (Å²) in [5.41, 5.74) is 4.24. The summed E-state index contributed by atoms with van der Waals surface area (Å²) in [4.78, 5) is 0. The number of rotatable bonds is 1.